The van der Waals surface area contributed by atoms with Crippen molar-refractivity contribution in [1.29, 1.82) is 0 Å². The molecule has 0 spiro atoms. The Morgan fingerprint density at radius 2 is 1.83 bits per heavy atom. The highest BCUT2D eigenvalue weighted by Crippen LogP contribution is 2.33. The lowest BCUT2D eigenvalue weighted by Crippen LogP contribution is -2.32. The summed E-state index contributed by atoms with van der Waals surface area (Å²) < 4.78 is 0. The van der Waals surface area contributed by atoms with Gasteiger partial charge in [0.15, 0.2) is 0 Å². The predicted molar refractivity (Wildman–Crippen MR) is 118 cm³/mol. The Balaban J connectivity index is 1.46. The number of thiophene rings is 1. The number of nitrogens with one attached hydrogen (secondary N) is 1. The van der Waals surface area contributed by atoms with Crippen LogP contribution in [0.1, 0.15) is 82.0 Å². The minimum absolute atomic E-state index is 0.00306. The summed E-state index contributed by atoms with van der Waals surface area (Å²) in [6.45, 7) is 4.96. The zero-order valence-corrected chi connectivity index (χ0v) is 18.2. The summed E-state index contributed by atoms with van der Waals surface area (Å²) >= 11 is 1.67. The molecule has 4 nitrogen and oxygen atoms in total. The van der Waals surface area contributed by atoms with Crippen LogP contribution in [0.4, 0.5) is 0 Å². The average molecular weight is 411 g/mol. The molecule has 2 aliphatic carbocycles. The van der Waals surface area contributed by atoms with E-state index in [1.54, 1.807) is 11.3 Å². The SMILES string of the molecule is CCCc1sc(C(=O)N(Cc2ccc(C(=O)NC3CC3)cc2)C2CC2)cc1CC. The van der Waals surface area contributed by atoms with Crippen LogP contribution in [0.15, 0.2) is 30.3 Å². The maximum Gasteiger partial charge on any atom is 0.264 e. The molecule has 2 amide bonds. The molecule has 2 fully saturated rings. The minimum atomic E-state index is 0.00306. The molecule has 29 heavy (non-hydrogen) atoms. The van der Waals surface area contributed by atoms with Crippen molar-refractivity contribution in [2.45, 2.75) is 77.4 Å². The summed E-state index contributed by atoms with van der Waals surface area (Å²) in [7, 11) is 0. The topological polar surface area (TPSA) is 49.4 Å². The van der Waals surface area contributed by atoms with Crippen molar-refractivity contribution in [1.82, 2.24) is 10.2 Å². The standard InChI is InChI=1S/C24H30N2O2S/c1-3-5-21-17(4-2)14-22(29-21)24(28)26(20-12-13-20)15-16-6-8-18(9-7-16)23(27)25-19-10-11-19/h6-9,14,19-20H,3-5,10-13,15H2,1-2H3,(H,25,27). The number of aryl methyl sites for hydroxylation is 2. The number of nitrogens with zero attached hydrogens (tertiary/aromatic N) is 1. The second kappa shape index (κ2) is 8.70. The monoisotopic (exact) mass is 410 g/mol. The minimum Gasteiger partial charge on any atom is -0.349 e. The van der Waals surface area contributed by atoms with Crippen LogP contribution >= 0.6 is 11.3 Å². The maximum absolute atomic E-state index is 13.3. The van der Waals surface area contributed by atoms with E-state index < -0.39 is 0 Å². The molecule has 1 N–H and O–H groups in total. The molecule has 0 bridgehead atoms. The normalized spacial score (nSPS) is 15.9. The second-order valence-electron chi connectivity index (χ2n) is 8.27. The molecule has 1 heterocycles. The van der Waals surface area contributed by atoms with E-state index in [1.807, 2.05) is 29.2 Å². The summed E-state index contributed by atoms with van der Waals surface area (Å²) in [6, 6.07) is 10.5. The lowest BCUT2D eigenvalue weighted by molar-refractivity contribution is 0.0734. The highest BCUT2D eigenvalue weighted by Gasteiger charge is 2.34. The molecule has 0 atom stereocenters. The van der Waals surface area contributed by atoms with E-state index in [9.17, 15) is 9.59 Å². The highest BCUT2D eigenvalue weighted by atomic mass is 32.1. The molecule has 2 aromatic rings. The fourth-order valence-corrected chi connectivity index (χ4v) is 4.97. The lowest BCUT2D eigenvalue weighted by atomic mass is 10.1. The Morgan fingerprint density at radius 3 is 2.41 bits per heavy atom. The van der Waals surface area contributed by atoms with E-state index in [1.165, 1.54) is 10.4 Å². The number of hydrogen-bond acceptors (Lipinski definition) is 3. The smallest absolute Gasteiger partial charge is 0.264 e. The molecule has 0 radical (unpaired) electrons. The third-order valence-corrected chi connectivity index (χ3v) is 6.92. The molecule has 2 aliphatic rings. The van der Waals surface area contributed by atoms with E-state index in [2.05, 4.69) is 25.2 Å². The number of amides is 2. The number of carbonyl (C=O) groups is 2. The van der Waals surface area contributed by atoms with Crippen molar-refractivity contribution in [2.75, 3.05) is 0 Å². The van der Waals surface area contributed by atoms with Gasteiger partial charge in [0.2, 0.25) is 0 Å². The summed E-state index contributed by atoms with van der Waals surface area (Å²) in [4.78, 5) is 29.7. The number of benzene rings is 1. The maximum atomic E-state index is 13.3. The third kappa shape index (κ3) is 4.89. The van der Waals surface area contributed by atoms with Crippen LogP contribution in [0.5, 0.6) is 0 Å². The largest absolute Gasteiger partial charge is 0.349 e. The van der Waals surface area contributed by atoms with Gasteiger partial charge in [0, 0.05) is 29.1 Å². The van der Waals surface area contributed by atoms with Crippen LogP contribution in [0.25, 0.3) is 0 Å². The van der Waals surface area contributed by atoms with Crippen LogP contribution in [-0.2, 0) is 19.4 Å². The van der Waals surface area contributed by atoms with Gasteiger partial charge in [0.05, 0.1) is 4.88 Å². The predicted octanol–water partition coefficient (Wildman–Crippen LogP) is 4.96. The van der Waals surface area contributed by atoms with Gasteiger partial charge in [-0.3, -0.25) is 9.59 Å². The van der Waals surface area contributed by atoms with Gasteiger partial charge in [-0.25, -0.2) is 0 Å². The summed E-state index contributed by atoms with van der Waals surface area (Å²) in [5.41, 5.74) is 3.09. The highest BCUT2D eigenvalue weighted by molar-refractivity contribution is 7.14. The van der Waals surface area contributed by atoms with Crippen molar-refractivity contribution in [3.63, 3.8) is 0 Å². The van der Waals surface area contributed by atoms with Crippen LogP contribution in [0.2, 0.25) is 0 Å². The molecule has 154 valence electrons. The number of rotatable bonds is 9. The van der Waals surface area contributed by atoms with Gasteiger partial charge in [-0.05, 0) is 67.9 Å². The van der Waals surface area contributed by atoms with Gasteiger partial charge in [-0.1, -0.05) is 32.4 Å². The Hall–Kier alpha value is -2.14. The van der Waals surface area contributed by atoms with Gasteiger partial charge in [0.25, 0.3) is 11.8 Å². The first-order valence-corrected chi connectivity index (χ1v) is 11.7. The molecular weight excluding hydrogens is 380 g/mol. The molecule has 0 aliphatic heterocycles. The van der Waals surface area contributed by atoms with Gasteiger partial charge in [0.1, 0.15) is 0 Å². The first kappa shape index (κ1) is 20.1. The molecule has 1 aromatic heterocycles. The van der Waals surface area contributed by atoms with Gasteiger partial charge < -0.3 is 10.2 Å². The Bertz CT molecular complexity index is 879. The average Bonchev–Trinajstić information content (AvgIpc) is 3.66. The zero-order valence-electron chi connectivity index (χ0n) is 17.4. The van der Waals surface area contributed by atoms with E-state index in [0.29, 0.717) is 24.2 Å². The molecule has 2 saturated carbocycles. The molecule has 4 rings (SSSR count). The summed E-state index contributed by atoms with van der Waals surface area (Å²) in [5.74, 6) is 0.161. The van der Waals surface area contributed by atoms with Crippen LogP contribution in [0.3, 0.4) is 0 Å². The van der Waals surface area contributed by atoms with Crippen LogP contribution in [-0.4, -0.2) is 28.8 Å². The van der Waals surface area contributed by atoms with E-state index in [0.717, 1.165) is 55.4 Å². The van der Waals surface area contributed by atoms with Crippen molar-refractivity contribution in [3.8, 4) is 0 Å². The number of hydrogen-bond donors (Lipinski definition) is 1. The van der Waals surface area contributed by atoms with Gasteiger partial charge in [-0.2, -0.15) is 0 Å². The Labute approximate surface area is 177 Å². The van der Waals surface area contributed by atoms with Gasteiger partial charge in [-0.15, -0.1) is 11.3 Å². The van der Waals surface area contributed by atoms with Gasteiger partial charge >= 0.3 is 0 Å². The third-order valence-electron chi connectivity index (χ3n) is 5.70. The van der Waals surface area contributed by atoms with E-state index in [4.69, 9.17) is 0 Å². The molecule has 1 aromatic carbocycles. The first-order valence-electron chi connectivity index (χ1n) is 10.9. The van der Waals surface area contributed by atoms with Crippen molar-refractivity contribution in [3.05, 3.63) is 56.8 Å². The Kier molecular flexibility index (Phi) is 6.04. The van der Waals surface area contributed by atoms with Crippen molar-refractivity contribution < 1.29 is 9.59 Å². The van der Waals surface area contributed by atoms with Crippen molar-refractivity contribution in [2.24, 2.45) is 0 Å². The second-order valence-corrected chi connectivity index (χ2v) is 9.41. The zero-order chi connectivity index (χ0) is 20.4. The molecule has 5 heteroatoms. The quantitative estimate of drug-likeness (QED) is 0.635. The first-order chi connectivity index (χ1) is 14.1. The van der Waals surface area contributed by atoms with Crippen LogP contribution in [0, 0.1) is 0 Å². The molecule has 0 saturated heterocycles. The molecular formula is C24H30N2O2S. The van der Waals surface area contributed by atoms with E-state index >= 15 is 0 Å². The van der Waals surface area contributed by atoms with E-state index in [-0.39, 0.29) is 11.8 Å². The Morgan fingerprint density at radius 1 is 1.10 bits per heavy atom. The summed E-state index contributed by atoms with van der Waals surface area (Å²) in [5, 5.41) is 3.02. The summed E-state index contributed by atoms with van der Waals surface area (Å²) in [6.07, 6.45) is 7.48. The number of carbonyl (C=O) groups excluding carboxylic acids is 2. The van der Waals surface area contributed by atoms with Crippen molar-refractivity contribution >= 4 is 23.2 Å². The molecule has 0 unspecified atom stereocenters. The van der Waals surface area contributed by atoms with Crippen LogP contribution < -0.4 is 5.32 Å². The fourth-order valence-electron chi connectivity index (χ4n) is 3.66. The lowest BCUT2D eigenvalue weighted by Gasteiger charge is -2.22. The fraction of sp³-hybridized carbons (Fsp3) is 0.500.